The van der Waals surface area contributed by atoms with E-state index in [1.165, 1.54) is 0 Å². The summed E-state index contributed by atoms with van der Waals surface area (Å²) in [7, 11) is -2.10. The van der Waals surface area contributed by atoms with E-state index in [0.717, 1.165) is 0 Å². The van der Waals surface area contributed by atoms with Gasteiger partial charge in [-0.25, -0.2) is 13.1 Å². The molecular weight excluding hydrogens is 320 g/mol. The number of hydrogen-bond donors (Lipinski definition) is 1. The van der Waals surface area contributed by atoms with Gasteiger partial charge in [0.05, 0.1) is 18.6 Å². The van der Waals surface area contributed by atoms with Crippen LogP contribution in [0, 0.1) is 13.8 Å². The Morgan fingerprint density at radius 1 is 1.30 bits per heavy atom. The Bertz CT molecular complexity index is 664. The normalized spacial score (nSPS) is 15.8. The maximum absolute atomic E-state index is 12.5. The third-order valence-corrected chi connectivity index (χ3v) is 5.46. The molecule has 0 bridgehead atoms. The Morgan fingerprint density at radius 2 is 1.96 bits per heavy atom. The molecule has 0 radical (unpaired) electrons. The lowest BCUT2D eigenvalue weighted by Crippen LogP contribution is -2.45. The number of morpholine rings is 1. The number of methoxy groups -OCH3 is 1. The van der Waals surface area contributed by atoms with Crippen LogP contribution in [0.25, 0.3) is 0 Å². The van der Waals surface area contributed by atoms with Gasteiger partial charge in [0, 0.05) is 19.6 Å². The standard InChI is InChI=1S/C15H22N2O5S/c1-11-8-13(21-3)9-12(2)15(11)23(19,20)16-4-5-17-6-7-22-10-14(17)18/h8-9,16H,4-7,10H2,1-3H3. The van der Waals surface area contributed by atoms with Crippen molar-refractivity contribution in [1.29, 1.82) is 0 Å². The number of aryl methyl sites for hydroxylation is 2. The minimum Gasteiger partial charge on any atom is -0.497 e. The molecule has 1 N–H and O–H groups in total. The maximum Gasteiger partial charge on any atom is 0.248 e. The van der Waals surface area contributed by atoms with Crippen molar-refractivity contribution in [2.45, 2.75) is 18.7 Å². The number of nitrogens with one attached hydrogen (secondary N) is 1. The van der Waals surface area contributed by atoms with Gasteiger partial charge in [0.1, 0.15) is 12.4 Å². The molecule has 1 aromatic rings. The highest BCUT2D eigenvalue weighted by Crippen LogP contribution is 2.25. The minimum absolute atomic E-state index is 0.0590. The second-order valence-electron chi connectivity index (χ2n) is 5.42. The number of ether oxygens (including phenoxy) is 2. The molecule has 7 nitrogen and oxygen atoms in total. The fraction of sp³-hybridized carbons (Fsp3) is 0.533. The van der Waals surface area contributed by atoms with E-state index >= 15 is 0 Å². The molecular formula is C15H22N2O5S. The molecule has 1 heterocycles. The van der Waals surface area contributed by atoms with Crippen molar-refractivity contribution < 1.29 is 22.7 Å². The van der Waals surface area contributed by atoms with Crippen LogP contribution in [0.5, 0.6) is 5.75 Å². The maximum atomic E-state index is 12.5. The van der Waals surface area contributed by atoms with Gasteiger partial charge in [-0.3, -0.25) is 4.79 Å². The van der Waals surface area contributed by atoms with Crippen LogP contribution >= 0.6 is 0 Å². The summed E-state index contributed by atoms with van der Waals surface area (Å²) in [6.45, 7) is 4.99. The topological polar surface area (TPSA) is 84.9 Å². The highest BCUT2D eigenvalue weighted by molar-refractivity contribution is 7.89. The summed E-state index contributed by atoms with van der Waals surface area (Å²) in [5, 5.41) is 0. The second-order valence-corrected chi connectivity index (χ2v) is 7.13. The molecule has 1 saturated heterocycles. The minimum atomic E-state index is -3.64. The molecule has 2 rings (SSSR count). The summed E-state index contributed by atoms with van der Waals surface area (Å²) < 4.78 is 37.8. The summed E-state index contributed by atoms with van der Waals surface area (Å²) in [4.78, 5) is 13.5. The SMILES string of the molecule is COc1cc(C)c(S(=O)(=O)NCCN2CCOCC2=O)c(C)c1. The molecule has 1 aliphatic rings. The van der Waals surface area contributed by atoms with Gasteiger partial charge in [0.25, 0.3) is 0 Å². The van der Waals surface area contributed by atoms with E-state index in [9.17, 15) is 13.2 Å². The fourth-order valence-electron chi connectivity index (χ4n) is 2.63. The number of nitrogens with zero attached hydrogens (tertiary/aromatic N) is 1. The summed E-state index contributed by atoms with van der Waals surface area (Å²) in [6, 6.07) is 3.38. The van der Waals surface area contributed by atoms with Crippen LogP contribution in [0.1, 0.15) is 11.1 Å². The molecule has 0 spiro atoms. The number of sulfonamides is 1. The number of amides is 1. The fourth-order valence-corrected chi connectivity index (χ4v) is 4.10. The van der Waals surface area contributed by atoms with Crippen molar-refractivity contribution >= 4 is 15.9 Å². The highest BCUT2D eigenvalue weighted by Gasteiger charge is 2.22. The van der Waals surface area contributed by atoms with E-state index in [2.05, 4.69) is 4.72 Å². The van der Waals surface area contributed by atoms with Gasteiger partial charge >= 0.3 is 0 Å². The molecule has 8 heteroatoms. The molecule has 23 heavy (non-hydrogen) atoms. The number of carbonyl (C=O) groups is 1. The number of hydrogen-bond acceptors (Lipinski definition) is 5. The molecule has 1 fully saturated rings. The molecule has 0 saturated carbocycles. The molecule has 0 unspecified atom stereocenters. The second kappa shape index (κ2) is 7.29. The zero-order chi connectivity index (χ0) is 17.0. The molecule has 1 amide bonds. The van der Waals surface area contributed by atoms with Gasteiger partial charge in [0.15, 0.2) is 0 Å². The summed E-state index contributed by atoms with van der Waals surface area (Å²) >= 11 is 0. The lowest BCUT2D eigenvalue weighted by Gasteiger charge is -2.26. The summed E-state index contributed by atoms with van der Waals surface area (Å²) in [6.07, 6.45) is 0. The quantitative estimate of drug-likeness (QED) is 0.811. The number of rotatable bonds is 6. The van der Waals surface area contributed by atoms with Crippen molar-refractivity contribution in [1.82, 2.24) is 9.62 Å². The van der Waals surface area contributed by atoms with Crippen LogP contribution in [0.3, 0.4) is 0 Å². The van der Waals surface area contributed by atoms with Crippen molar-refractivity contribution in [3.05, 3.63) is 23.3 Å². The largest absolute Gasteiger partial charge is 0.497 e. The highest BCUT2D eigenvalue weighted by atomic mass is 32.2. The Labute approximate surface area is 136 Å². The Hall–Kier alpha value is -1.64. The first-order valence-electron chi connectivity index (χ1n) is 7.35. The van der Waals surface area contributed by atoms with Gasteiger partial charge in [-0.15, -0.1) is 0 Å². The zero-order valence-corrected chi connectivity index (χ0v) is 14.4. The van der Waals surface area contributed by atoms with E-state index in [4.69, 9.17) is 9.47 Å². The summed E-state index contributed by atoms with van der Waals surface area (Å²) in [5.41, 5.74) is 1.24. The van der Waals surface area contributed by atoms with Gasteiger partial charge in [0.2, 0.25) is 15.9 Å². The Morgan fingerprint density at radius 3 is 2.52 bits per heavy atom. The average Bonchev–Trinajstić information content (AvgIpc) is 2.48. The van der Waals surface area contributed by atoms with Gasteiger partial charge in [-0.1, -0.05) is 0 Å². The zero-order valence-electron chi connectivity index (χ0n) is 13.6. The molecule has 1 aromatic carbocycles. The first kappa shape index (κ1) is 17.7. The van der Waals surface area contributed by atoms with E-state index < -0.39 is 10.0 Å². The third-order valence-electron chi connectivity index (χ3n) is 3.70. The van der Waals surface area contributed by atoms with E-state index in [0.29, 0.717) is 36.6 Å². The van der Waals surface area contributed by atoms with Crippen LogP contribution in [-0.2, 0) is 19.6 Å². The van der Waals surface area contributed by atoms with Crippen LogP contribution in [0.15, 0.2) is 17.0 Å². The van der Waals surface area contributed by atoms with E-state index in [1.807, 2.05) is 0 Å². The number of carbonyl (C=O) groups excluding carboxylic acids is 1. The van der Waals surface area contributed by atoms with Gasteiger partial charge < -0.3 is 14.4 Å². The smallest absolute Gasteiger partial charge is 0.248 e. The molecule has 0 aliphatic carbocycles. The van der Waals surface area contributed by atoms with E-state index in [-0.39, 0.29) is 24.0 Å². The van der Waals surface area contributed by atoms with E-state index in [1.54, 1.807) is 38.0 Å². The first-order chi connectivity index (χ1) is 10.8. The van der Waals surface area contributed by atoms with Crippen molar-refractivity contribution in [3.8, 4) is 5.75 Å². The number of benzene rings is 1. The molecule has 1 aliphatic heterocycles. The van der Waals surface area contributed by atoms with Crippen LogP contribution in [0.4, 0.5) is 0 Å². The van der Waals surface area contributed by atoms with Gasteiger partial charge in [-0.2, -0.15) is 0 Å². The first-order valence-corrected chi connectivity index (χ1v) is 8.84. The predicted molar refractivity (Wildman–Crippen MR) is 85.1 cm³/mol. The Balaban J connectivity index is 2.06. The third kappa shape index (κ3) is 4.21. The van der Waals surface area contributed by atoms with Crippen LogP contribution in [0.2, 0.25) is 0 Å². The van der Waals surface area contributed by atoms with Crippen LogP contribution in [-0.4, -0.2) is 59.2 Å². The van der Waals surface area contributed by atoms with Crippen molar-refractivity contribution in [3.63, 3.8) is 0 Å². The molecule has 0 atom stereocenters. The average molecular weight is 342 g/mol. The van der Waals surface area contributed by atoms with Crippen LogP contribution < -0.4 is 9.46 Å². The Kier molecular flexibility index (Phi) is 5.61. The van der Waals surface area contributed by atoms with Crippen molar-refractivity contribution in [2.24, 2.45) is 0 Å². The lowest BCUT2D eigenvalue weighted by atomic mass is 10.1. The van der Waals surface area contributed by atoms with Gasteiger partial charge in [-0.05, 0) is 37.1 Å². The monoisotopic (exact) mass is 342 g/mol. The molecule has 0 aromatic heterocycles. The predicted octanol–water partition coefficient (Wildman–Crippen LogP) is 0.449. The summed E-state index contributed by atoms with van der Waals surface area (Å²) in [5.74, 6) is 0.505. The molecule has 128 valence electrons. The van der Waals surface area contributed by atoms with Crippen molar-refractivity contribution in [2.75, 3.05) is 40.0 Å². The lowest BCUT2D eigenvalue weighted by molar-refractivity contribution is -0.142.